The molecule has 0 spiro atoms. The molecule has 0 atom stereocenters. The van der Waals surface area contributed by atoms with E-state index in [0.29, 0.717) is 23.8 Å². The third-order valence-electron chi connectivity index (χ3n) is 4.90. The molecular formula is C24H30N2O4. The lowest BCUT2D eigenvalue weighted by Gasteiger charge is -2.28. The number of amides is 1. The summed E-state index contributed by atoms with van der Waals surface area (Å²) >= 11 is 0. The monoisotopic (exact) mass is 410 g/mol. The van der Waals surface area contributed by atoms with E-state index < -0.39 is 0 Å². The van der Waals surface area contributed by atoms with Crippen molar-refractivity contribution in [3.63, 3.8) is 0 Å². The van der Waals surface area contributed by atoms with Gasteiger partial charge in [0.05, 0.1) is 32.6 Å². The molecule has 3 rings (SSSR count). The first-order valence-electron chi connectivity index (χ1n) is 10.4. The minimum Gasteiger partial charge on any atom is -0.497 e. The van der Waals surface area contributed by atoms with Gasteiger partial charge in [-0.15, -0.1) is 0 Å². The molecule has 160 valence electrons. The van der Waals surface area contributed by atoms with E-state index in [4.69, 9.17) is 14.2 Å². The van der Waals surface area contributed by atoms with E-state index >= 15 is 0 Å². The number of carbonyl (C=O) groups excluding carboxylic acids is 1. The number of rotatable bonds is 9. The molecule has 1 saturated heterocycles. The van der Waals surface area contributed by atoms with Crippen molar-refractivity contribution in [2.45, 2.75) is 19.8 Å². The summed E-state index contributed by atoms with van der Waals surface area (Å²) in [6.45, 7) is 6.05. The van der Waals surface area contributed by atoms with Crippen LogP contribution in [0.3, 0.4) is 0 Å². The van der Waals surface area contributed by atoms with Crippen molar-refractivity contribution in [1.29, 1.82) is 0 Å². The van der Waals surface area contributed by atoms with Crippen LogP contribution >= 0.6 is 0 Å². The Morgan fingerprint density at radius 3 is 2.63 bits per heavy atom. The van der Waals surface area contributed by atoms with Gasteiger partial charge < -0.3 is 24.4 Å². The molecule has 0 unspecified atom stereocenters. The second-order valence-electron chi connectivity index (χ2n) is 7.08. The van der Waals surface area contributed by atoms with E-state index in [1.165, 1.54) is 11.8 Å². The van der Waals surface area contributed by atoms with Crippen molar-refractivity contribution in [1.82, 2.24) is 0 Å². The third kappa shape index (κ3) is 6.26. The normalized spacial score (nSPS) is 14.0. The molecule has 1 aliphatic rings. The zero-order chi connectivity index (χ0) is 21.2. The maximum Gasteiger partial charge on any atom is 0.248 e. The van der Waals surface area contributed by atoms with Crippen molar-refractivity contribution in [3.05, 3.63) is 54.1 Å². The molecule has 1 fully saturated rings. The fraction of sp³-hybridized carbons (Fsp3) is 0.375. The van der Waals surface area contributed by atoms with E-state index in [0.717, 1.165) is 44.7 Å². The molecule has 2 aromatic carbocycles. The van der Waals surface area contributed by atoms with Gasteiger partial charge in [0, 0.05) is 30.9 Å². The number of hydrogen-bond acceptors (Lipinski definition) is 5. The Bertz CT molecular complexity index is 843. The lowest BCUT2D eigenvalue weighted by atomic mass is 10.1. The van der Waals surface area contributed by atoms with Crippen LogP contribution in [0.25, 0.3) is 6.08 Å². The van der Waals surface area contributed by atoms with E-state index in [2.05, 4.69) is 29.3 Å². The number of morpholine rings is 1. The minimum absolute atomic E-state index is 0.221. The molecule has 0 saturated carbocycles. The summed E-state index contributed by atoms with van der Waals surface area (Å²) in [5.41, 5.74) is 2.74. The summed E-state index contributed by atoms with van der Waals surface area (Å²) in [6.07, 6.45) is 5.33. The van der Waals surface area contributed by atoms with E-state index in [1.54, 1.807) is 19.3 Å². The smallest absolute Gasteiger partial charge is 0.248 e. The topological polar surface area (TPSA) is 60.0 Å². The Morgan fingerprint density at radius 1 is 1.17 bits per heavy atom. The zero-order valence-corrected chi connectivity index (χ0v) is 17.7. The number of unbranched alkanes of at least 4 members (excludes halogenated alkanes) is 1. The summed E-state index contributed by atoms with van der Waals surface area (Å²) in [7, 11) is 1.60. The molecular weight excluding hydrogens is 380 g/mol. The van der Waals surface area contributed by atoms with Crippen molar-refractivity contribution < 1.29 is 19.0 Å². The predicted molar refractivity (Wildman–Crippen MR) is 121 cm³/mol. The summed E-state index contributed by atoms with van der Waals surface area (Å²) in [6, 6.07) is 13.6. The molecule has 1 N–H and O–H groups in total. The van der Waals surface area contributed by atoms with Gasteiger partial charge in [-0.25, -0.2) is 0 Å². The highest BCUT2D eigenvalue weighted by atomic mass is 16.5. The number of anilines is 2. The molecule has 0 aliphatic carbocycles. The van der Waals surface area contributed by atoms with Gasteiger partial charge in [-0.3, -0.25) is 4.79 Å². The highest BCUT2D eigenvalue weighted by molar-refractivity contribution is 6.02. The first kappa shape index (κ1) is 21.7. The molecule has 1 amide bonds. The Hall–Kier alpha value is -2.99. The van der Waals surface area contributed by atoms with E-state index in [9.17, 15) is 4.79 Å². The van der Waals surface area contributed by atoms with Crippen LogP contribution in [0.5, 0.6) is 11.5 Å². The standard InChI is InChI=1S/C24H30N2O4/c1-3-4-15-30-23-11-10-21(28-2)18-22(23)25-24(27)12-7-19-5-8-20(9-6-19)26-13-16-29-17-14-26/h5-12,18H,3-4,13-17H2,1-2H3,(H,25,27). The fourth-order valence-electron chi connectivity index (χ4n) is 3.15. The molecule has 0 radical (unpaired) electrons. The SMILES string of the molecule is CCCCOc1ccc(OC)cc1NC(=O)C=Cc1ccc(N2CCOCC2)cc1. The first-order chi connectivity index (χ1) is 14.7. The fourth-order valence-corrected chi connectivity index (χ4v) is 3.15. The number of benzene rings is 2. The van der Waals surface area contributed by atoms with Gasteiger partial charge in [0.2, 0.25) is 5.91 Å². The average Bonchev–Trinajstić information content (AvgIpc) is 2.79. The summed E-state index contributed by atoms with van der Waals surface area (Å²) < 4.78 is 16.5. The van der Waals surface area contributed by atoms with Crippen LogP contribution in [0.1, 0.15) is 25.3 Å². The van der Waals surface area contributed by atoms with Gasteiger partial charge in [-0.05, 0) is 42.3 Å². The van der Waals surface area contributed by atoms with Crippen LogP contribution in [0, 0.1) is 0 Å². The van der Waals surface area contributed by atoms with Crippen LogP contribution in [0.15, 0.2) is 48.5 Å². The van der Waals surface area contributed by atoms with Crippen molar-refractivity contribution in [2.24, 2.45) is 0 Å². The molecule has 30 heavy (non-hydrogen) atoms. The van der Waals surface area contributed by atoms with Gasteiger partial charge in [-0.2, -0.15) is 0 Å². The summed E-state index contributed by atoms with van der Waals surface area (Å²) in [5.74, 6) is 1.08. The molecule has 0 bridgehead atoms. The van der Waals surface area contributed by atoms with Crippen LogP contribution < -0.4 is 19.7 Å². The maximum absolute atomic E-state index is 12.5. The van der Waals surface area contributed by atoms with Gasteiger partial charge in [0.15, 0.2) is 0 Å². The van der Waals surface area contributed by atoms with E-state index in [-0.39, 0.29) is 5.91 Å². The molecule has 2 aromatic rings. The lowest BCUT2D eigenvalue weighted by Crippen LogP contribution is -2.36. The van der Waals surface area contributed by atoms with Crippen molar-refractivity contribution in [3.8, 4) is 11.5 Å². The van der Waals surface area contributed by atoms with Gasteiger partial charge in [0.25, 0.3) is 0 Å². The molecule has 0 aromatic heterocycles. The van der Waals surface area contributed by atoms with Gasteiger partial charge in [0.1, 0.15) is 11.5 Å². The second kappa shape index (κ2) is 11.3. The summed E-state index contributed by atoms with van der Waals surface area (Å²) in [4.78, 5) is 14.8. The second-order valence-corrected chi connectivity index (χ2v) is 7.08. The minimum atomic E-state index is -0.221. The quantitative estimate of drug-likeness (QED) is 0.492. The number of methoxy groups -OCH3 is 1. The van der Waals surface area contributed by atoms with Crippen LogP contribution in [-0.4, -0.2) is 45.9 Å². The molecule has 1 aliphatic heterocycles. The largest absolute Gasteiger partial charge is 0.497 e. The first-order valence-corrected chi connectivity index (χ1v) is 10.4. The Balaban J connectivity index is 1.62. The Kier molecular flexibility index (Phi) is 8.15. The third-order valence-corrected chi connectivity index (χ3v) is 4.90. The number of carbonyl (C=O) groups is 1. The van der Waals surface area contributed by atoms with E-state index in [1.807, 2.05) is 24.3 Å². The number of ether oxygens (including phenoxy) is 3. The van der Waals surface area contributed by atoms with Crippen molar-refractivity contribution >= 4 is 23.4 Å². The highest BCUT2D eigenvalue weighted by Gasteiger charge is 2.11. The predicted octanol–water partition coefficient (Wildman–Crippen LogP) is 4.36. The summed E-state index contributed by atoms with van der Waals surface area (Å²) in [5, 5.41) is 2.89. The zero-order valence-electron chi connectivity index (χ0n) is 17.7. The Labute approximate surface area is 178 Å². The molecule has 6 nitrogen and oxygen atoms in total. The molecule has 6 heteroatoms. The maximum atomic E-state index is 12.5. The van der Waals surface area contributed by atoms with Crippen LogP contribution in [-0.2, 0) is 9.53 Å². The average molecular weight is 411 g/mol. The number of nitrogens with zero attached hydrogens (tertiary/aromatic N) is 1. The molecule has 1 heterocycles. The van der Waals surface area contributed by atoms with Gasteiger partial charge >= 0.3 is 0 Å². The Morgan fingerprint density at radius 2 is 1.93 bits per heavy atom. The number of hydrogen-bond donors (Lipinski definition) is 1. The van der Waals surface area contributed by atoms with Crippen LogP contribution in [0.4, 0.5) is 11.4 Å². The van der Waals surface area contributed by atoms with Crippen LogP contribution in [0.2, 0.25) is 0 Å². The number of nitrogens with one attached hydrogen (secondary N) is 1. The highest BCUT2D eigenvalue weighted by Crippen LogP contribution is 2.29. The van der Waals surface area contributed by atoms with Crippen molar-refractivity contribution in [2.75, 3.05) is 50.2 Å². The van der Waals surface area contributed by atoms with Gasteiger partial charge in [-0.1, -0.05) is 25.5 Å². The lowest BCUT2D eigenvalue weighted by molar-refractivity contribution is -0.111.